The zero-order chi connectivity index (χ0) is 17.8. The summed E-state index contributed by atoms with van der Waals surface area (Å²) in [6, 6.07) is 15.6. The highest BCUT2D eigenvalue weighted by atomic mass is 16.7. The molecule has 1 N–H and O–H groups in total. The van der Waals surface area contributed by atoms with E-state index in [0.29, 0.717) is 25.3 Å². The molecule has 1 amide bonds. The number of ether oxygens (including phenoxy) is 2. The Morgan fingerprint density at radius 1 is 1.04 bits per heavy atom. The number of nitrogens with one attached hydrogen (secondary N) is 1. The first-order valence-electron chi connectivity index (χ1n) is 8.45. The Hall–Kier alpha value is -3.28. The van der Waals surface area contributed by atoms with E-state index in [2.05, 4.69) is 9.97 Å². The number of aromatic amines is 1. The molecule has 3 aromatic rings. The van der Waals surface area contributed by atoms with Crippen LogP contribution in [-0.2, 0) is 24.3 Å². The first kappa shape index (κ1) is 16.2. The number of H-pyrrole nitrogens is 1. The number of aromatic nitrogens is 2. The number of carbonyl (C=O) groups is 1. The third kappa shape index (κ3) is 3.69. The predicted octanol–water partition coefficient (Wildman–Crippen LogP) is 2.91. The molecule has 1 aliphatic heterocycles. The van der Waals surface area contributed by atoms with Crippen LogP contribution in [0.2, 0.25) is 0 Å². The number of amides is 1. The molecule has 132 valence electrons. The van der Waals surface area contributed by atoms with E-state index in [0.717, 1.165) is 22.6 Å². The molecule has 0 aliphatic carbocycles. The first-order chi connectivity index (χ1) is 12.8. The standard InChI is InChI=1S/C20H19N3O3/c24-20(9-16-6-7-18-19(8-16)26-14-25-18)23(12-17-10-21-13-22-17)11-15-4-2-1-3-5-15/h1-8,10,13H,9,11-12,14H2,(H,21,22). The van der Waals surface area contributed by atoms with E-state index >= 15 is 0 Å². The van der Waals surface area contributed by atoms with Gasteiger partial charge in [-0.2, -0.15) is 0 Å². The van der Waals surface area contributed by atoms with Crippen LogP contribution in [0.25, 0.3) is 0 Å². The molecule has 0 spiro atoms. The van der Waals surface area contributed by atoms with E-state index in [4.69, 9.17) is 9.47 Å². The Morgan fingerprint density at radius 2 is 1.88 bits per heavy atom. The summed E-state index contributed by atoms with van der Waals surface area (Å²) in [6.07, 6.45) is 3.67. The Bertz CT molecular complexity index is 879. The average molecular weight is 349 g/mol. The smallest absolute Gasteiger partial charge is 0.231 e. The van der Waals surface area contributed by atoms with Gasteiger partial charge < -0.3 is 19.4 Å². The zero-order valence-corrected chi connectivity index (χ0v) is 14.2. The molecule has 0 fully saturated rings. The lowest BCUT2D eigenvalue weighted by Gasteiger charge is -2.22. The molecule has 0 atom stereocenters. The fourth-order valence-corrected chi connectivity index (χ4v) is 2.95. The van der Waals surface area contributed by atoms with Gasteiger partial charge in [0, 0.05) is 12.7 Å². The van der Waals surface area contributed by atoms with Crippen LogP contribution in [-0.4, -0.2) is 27.6 Å². The molecule has 26 heavy (non-hydrogen) atoms. The van der Waals surface area contributed by atoms with Crippen molar-refractivity contribution in [2.24, 2.45) is 0 Å². The van der Waals surface area contributed by atoms with E-state index < -0.39 is 0 Å². The summed E-state index contributed by atoms with van der Waals surface area (Å²) in [5, 5.41) is 0. The Balaban J connectivity index is 1.51. The number of imidazole rings is 1. The van der Waals surface area contributed by atoms with Crippen molar-refractivity contribution in [2.75, 3.05) is 6.79 Å². The third-order valence-electron chi connectivity index (χ3n) is 4.28. The second-order valence-corrected chi connectivity index (χ2v) is 6.18. The number of hydrogen-bond donors (Lipinski definition) is 1. The van der Waals surface area contributed by atoms with Crippen LogP contribution in [0, 0.1) is 0 Å². The number of nitrogens with zero attached hydrogens (tertiary/aromatic N) is 2. The van der Waals surface area contributed by atoms with Gasteiger partial charge in [0.1, 0.15) is 0 Å². The van der Waals surface area contributed by atoms with E-state index in [1.807, 2.05) is 53.4 Å². The molecule has 0 bridgehead atoms. The number of fused-ring (bicyclic) bond motifs is 1. The fourth-order valence-electron chi connectivity index (χ4n) is 2.95. The molecule has 0 saturated carbocycles. The summed E-state index contributed by atoms with van der Waals surface area (Å²) in [6.45, 7) is 1.26. The van der Waals surface area contributed by atoms with Gasteiger partial charge in [0.05, 0.1) is 25.0 Å². The maximum absolute atomic E-state index is 13.0. The van der Waals surface area contributed by atoms with E-state index in [1.165, 1.54) is 0 Å². The van der Waals surface area contributed by atoms with Gasteiger partial charge in [0.2, 0.25) is 12.7 Å². The summed E-state index contributed by atoms with van der Waals surface area (Å²) in [5.41, 5.74) is 2.90. The number of carbonyl (C=O) groups excluding carboxylic acids is 1. The van der Waals surface area contributed by atoms with Crippen LogP contribution in [0.15, 0.2) is 61.1 Å². The second kappa shape index (κ2) is 7.31. The minimum atomic E-state index is 0.0438. The number of rotatable bonds is 6. The van der Waals surface area contributed by atoms with Crippen molar-refractivity contribution in [3.05, 3.63) is 77.9 Å². The van der Waals surface area contributed by atoms with Crippen molar-refractivity contribution in [1.82, 2.24) is 14.9 Å². The van der Waals surface area contributed by atoms with Crippen LogP contribution in [0.1, 0.15) is 16.8 Å². The van der Waals surface area contributed by atoms with Crippen molar-refractivity contribution in [1.29, 1.82) is 0 Å². The minimum Gasteiger partial charge on any atom is -0.454 e. The Kier molecular flexibility index (Phi) is 4.55. The van der Waals surface area contributed by atoms with Gasteiger partial charge in [-0.1, -0.05) is 36.4 Å². The highest BCUT2D eigenvalue weighted by molar-refractivity contribution is 5.79. The van der Waals surface area contributed by atoms with E-state index in [1.54, 1.807) is 12.5 Å². The number of hydrogen-bond acceptors (Lipinski definition) is 4. The summed E-state index contributed by atoms with van der Waals surface area (Å²) in [5.74, 6) is 1.46. The van der Waals surface area contributed by atoms with Crippen LogP contribution in [0.5, 0.6) is 11.5 Å². The van der Waals surface area contributed by atoms with Crippen molar-refractivity contribution >= 4 is 5.91 Å². The fraction of sp³-hybridized carbons (Fsp3) is 0.200. The van der Waals surface area contributed by atoms with Gasteiger partial charge >= 0.3 is 0 Å². The molecule has 0 saturated heterocycles. The molecule has 6 heteroatoms. The van der Waals surface area contributed by atoms with Crippen molar-refractivity contribution in [2.45, 2.75) is 19.5 Å². The molecular formula is C20H19N3O3. The third-order valence-corrected chi connectivity index (χ3v) is 4.28. The molecule has 0 radical (unpaired) electrons. The number of benzene rings is 2. The van der Waals surface area contributed by atoms with Crippen LogP contribution >= 0.6 is 0 Å². The molecule has 0 unspecified atom stereocenters. The first-order valence-corrected chi connectivity index (χ1v) is 8.45. The van der Waals surface area contributed by atoms with Crippen molar-refractivity contribution < 1.29 is 14.3 Å². The lowest BCUT2D eigenvalue weighted by atomic mass is 10.1. The Morgan fingerprint density at radius 3 is 2.69 bits per heavy atom. The molecule has 1 aliphatic rings. The summed E-state index contributed by atoms with van der Waals surface area (Å²) < 4.78 is 10.7. The van der Waals surface area contributed by atoms with Gasteiger partial charge in [0.25, 0.3) is 0 Å². The molecule has 2 heterocycles. The summed E-state index contributed by atoms with van der Waals surface area (Å²) in [7, 11) is 0. The molecular weight excluding hydrogens is 330 g/mol. The van der Waals surface area contributed by atoms with Crippen LogP contribution in [0.4, 0.5) is 0 Å². The summed E-state index contributed by atoms with van der Waals surface area (Å²) in [4.78, 5) is 21.9. The Labute approximate surface area is 151 Å². The van der Waals surface area contributed by atoms with Crippen LogP contribution < -0.4 is 9.47 Å². The lowest BCUT2D eigenvalue weighted by molar-refractivity contribution is -0.131. The SMILES string of the molecule is O=C(Cc1ccc2c(c1)OCO2)N(Cc1ccccc1)Cc1cnc[nH]1. The predicted molar refractivity (Wildman–Crippen MR) is 95.6 cm³/mol. The normalized spacial score (nSPS) is 12.2. The highest BCUT2D eigenvalue weighted by Gasteiger charge is 2.18. The van der Waals surface area contributed by atoms with Crippen LogP contribution in [0.3, 0.4) is 0 Å². The highest BCUT2D eigenvalue weighted by Crippen LogP contribution is 2.32. The zero-order valence-electron chi connectivity index (χ0n) is 14.2. The topological polar surface area (TPSA) is 67.5 Å². The van der Waals surface area contributed by atoms with Gasteiger partial charge in [-0.3, -0.25) is 4.79 Å². The van der Waals surface area contributed by atoms with E-state index in [-0.39, 0.29) is 12.7 Å². The van der Waals surface area contributed by atoms with Crippen molar-refractivity contribution in [3.63, 3.8) is 0 Å². The van der Waals surface area contributed by atoms with Gasteiger partial charge in [-0.05, 0) is 23.3 Å². The van der Waals surface area contributed by atoms with Crippen molar-refractivity contribution in [3.8, 4) is 11.5 Å². The maximum atomic E-state index is 13.0. The maximum Gasteiger partial charge on any atom is 0.231 e. The summed E-state index contributed by atoms with van der Waals surface area (Å²) >= 11 is 0. The monoisotopic (exact) mass is 349 g/mol. The van der Waals surface area contributed by atoms with Gasteiger partial charge in [-0.15, -0.1) is 0 Å². The van der Waals surface area contributed by atoms with Gasteiger partial charge in [0.15, 0.2) is 11.5 Å². The molecule has 6 nitrogen and oxygen atoms in total. The quantitative estimate of drug-likeness (QED) is 0.743. The minimum absolute atomic E-state index is 0.0438. The second-order valence-electron chi connectivity index (χ2n) is 6.18. The largest absolute Gasteiger partial charge is 0.454 e. The average Bonchev–Trinajstić information content (AvgIpc) is 3.33. The molecule has 4 rings (SSSR count). The molecule has 1 aromatic heterocycles. The van der Waals surface area contributed by atoms with Gasteiger partial charge in [-0.25, -0.2) is 4.98 Å². The molecule has 2 aromatic carbocycles. The van der Waals surface area contributed by atoms with E-state index in [9.17, 15) is 4.79 Å². The lowest BCUT2D eigenvalue weighted by Crippen LogP contribution is -2.31.